The topological polar surface area (TPSA) is 92.8 Å². The Morgan fingerprint density at radius 2 is 1.68 bits per heavy atom. The van der Waals surface area contributed by atoms with E-state index in [0.29, 0.717) is 25.3 Å². The summed E-state index contributed by atoms with van der Waals surface area (Å²) in [5.74, 6) is -0.565. The van der Waals surface area contributed by atoms with Crippen LogP contribution in [0.5, 0.6) is 0 Å². The lowest BCUT2D eigenvalue weighted by atomic mass is 9.89. The number of ether oxygens (including phenoxy) is 1. The van der Waals surface area contributed by atoms with Crippen LogP contribution in [0.25, 0.3) is 0 Å². The minimum atomic E-state index is -3.57. The molecule has 1 unspecified atom stereocenters. The fraction of sp³-hybridized carbons (Fsp3) is 0.652. The van der Waals surface area contributed by atoms with E-state index in [4.69, 9.17) is 4.74 Å². The van der Waals surface area contributed by atoms with Gasteiger partial charge in [-0.15, -0.1) is 0 Å². The van der Waals surface area contributed by atoms with Crippen LogP contribution in [0.3, 0.4) is 0 Å². The fourth-order valence-corrected chi connectivity index (χ4v) is 5.76. The summed E-state index contributed by atoms with van der Waals surface area (Å²) in [4.78, 5) is 25.1. The number of piperidine rings is 1. The summed E-state index contributed by atoms with van der Waals surface area (Å²) in [5.41, 5.74) is 0.998. The smallest absolute Gasteiger partial charge is 0.309 e. The predicted molar refractivity (Wildman–Crippen MR) is 118 cm³/mol. The zero-order valence-electron chi connectivity index (χ0n) is 18.5. The maximum atomic E-state index is 12.8. The number of rotatable bonds is 7. The van der Waals surface area contributed by atoms with Gasteiger partial charge in [-0.1, -0.05) is 37.0 Å². The molecule has 1 aromatic carbocycles. The summed E-state index contributed by atoms with van der Waals surface area (Å²) < 4.78 is 32.4. The molecule has 1 saturated heterocycles. The first-order valence-electron chi connectivity index (χ1n) is 11.3. The highest BCUT2D eigenvalue weighted by atomic mass is 32.2. The van der Waals surface area contributed by atoms with E-state index in [0.717, 1.165) is 18.4 Å². The third-order valence-corrected chi connectivity index (χ3v) is 8.31. The quantitative estimate of drug-likeness (QED) is 0.645. The van der Waals surface area contributed by atoms with Gasteiger partial charge in [0.1, 0.15) is 0 Å². The molecule has 1 saturated carbocycles. The van der Waals surface area contributed by atoms with E-state index in [-0.39, 0.29) is 23.9 Å². The lowest BCUT2D eigenvalue weighted by Crippen LogP contribution is -2.43. The molecule has 31 heavy (non-hydrogen) atoms. The van der Waals surface area contributed by atoms with Crippen molar-refractivity contribution in [1.82, 2.24) is 9.62 Å². The molecule has 1 aliphatic carbocycles. The number of hydrogen-bond acceptors (Lipinski definition) is 5. The molecule has 2 fully saturated rings. The molecule has 0 aromatic heterocycles. The largest absolute Gasteiger partial charge is 0.452 e. The van der Waals surface area contributed by atoms with Crippen molar-refractivity contribution in [2.24, 2.45) is 11.8 Å². The molecule has 172 valence electrons. The zero-order valence-corrected chi connectivity index (χ0v) is 19.3. The van der Waals surface area contributed by atoms with Crippen LogP contribution < -0.4 is 5.32 Å². The Hall–Kier alpha value is -1.93. The zero-order chi connectivity index (χ0) is 22.4. The van der Waals surface area contributed by atoms with E-state index in [1.807, 2.05) is 6.92 Å². The number of benzene rings is 1. The summed E-state index contributed by atoms with van der Waals surface area (Å²) in [6, 6.07) is 6.77. The van der Waals surface area contributed by atoms with Gasteiger partial charge in [0.25, 0.3) is 5.91 Å². The molecule has 8 heteroatoms. The molecule has 1 N–H and O–H groups in total. The SMILES string of the molecule is Cc1ccc(S(=O)(=O)N2CCC(C(=O)OC(C)C(=O)NCC3CCCCC3)CC2)cc1. The second-order valence-corrected chi connectivity index (χ2v) is 10.8. The van der Waals surface area contributed by atoms with Crippen LogP contribution in [0, 0.1) is 18.8 Å². The molecule has 1 aliphatic heterocycles. The van der Waals surface area contributed by atoms with Crippen LogP contribution in [0.2, 0.25) is 0 Å². The number of esters is 1. The fourth-order valence-electron chi connectivity index (χ4n) is 4.30. The van der Waals surface area contributed by atoms with Crippen LogP contribution >= 0.6 is 0 Å². The number of sulfonamides is 1. The van der Waals surface area contributed by atoms with Crippen molar-refractivity contribution in [3.05, 3.63) is 29.8 Å². The molecular weight excluding hydrogens is 416 g/mol. The van der Waals surface area contributed by atoms with E-state index in [1.165, 1.54) is 23.6 Å². The van der Waals surface area contributed by atoms with Gasteiger partial charge in [-0.05, 0) is 57.6 Å². The second-order valence-electron chi connectivity index (χ2n) is 8.82. The number of hydrogen-bond donors (Lipinski definition) is 1. The van der Waals surface area contributed by atoms with Crippen LogP contribution in [0.4, 0.5) is 0 Å². The van der Waals surface area contributed by atoms with E-state index in [1.54, 1.807) is 31.2 Å². The third-order valence-electron chi connectivity index (χ3n) is 6.40. The van der Waals surface area contributed by atoms with Gasteiger partial charge < -0.3 is 10.1 Å². The number of carbonyl (C=O) groups excluding carboxylic acids is 2. The van der Waals surface area contributed by atoms with Gasteiger partial charge in [0.15, 0.2) is 6.10 Å². The Labute approximate surface area is 185 Å². The number of nitrogens with one attached hydrogen (secondary N) is 1. The maximum absolute atomic E-state index is 12.8. The summed E-state index contributed by atoms with van der Waals surface area (Å²) >= 11 is 0. The summed E-state index contributed by atoms with van der Waals surface area (Å²) in [5, 5.41) is 2.91. The molecule has 0 bridgehead atoms. The monoisotopic (exact) mass is 450 g/mol. The van der Waals surface area contributed by atoms with Crippen molar-refractivity contribution < 1.29 is 22.7 Å². The van der Waals surface area contributed by atoms with Gasteiger partial charge in [-0.3, -0.25) is 9.59 Å². The first kappa shape index (κ1) is 23.7. The molecule has 1 amide bonds. The minimum Gasteiger partial charge on any atom is -0.452 e. The molecule has 1 heterocycles. The van der Waals surface area contributed by atoms with Crippen molar-refractivity contribution in [2.75, 3.05) is 19.6 Å². The Kier molecular flexibility index (Phi) is 8.11. The maximum Gasteiger partial charge on any atom is 0.309 e. The number of aryl methyl sites for hydroxylation is 1. The van der Waals surface area contributed by atoms with Gasteiger partial charge in [0, 0.05) is 19.6 Å². The van der Waals surface area contributed by atoms with E-state index < -0.39 is 28.0 Å². The molecule has 7 nitrogen and oxygen atoms in total. The molecule has 0 radical (unpaired) electrons. The summed E-state index contributed by atoms with van der Waals surface area (Å²) in [7, 11) is -3.57. The Bertz CT molecular complexity index is 854. The molecule has 0 spiro atoms. The van der Waals surface area contributed by atoms with E-state index in [2.05, 4.69) is 5.32 Å². The highest BCUT2D eigenvalue weighted by Gasteiger charge is 2.34. The molecule has 1 aromatic rings. The number of carbonyl (C=O) groups is 2. The second kappa shape index (κ2) is 10.6. The van der Waals surface area contributed by atoms with Crippen LogP contribution in [-0.4, -0.2) is 50.3 Å². The highest BCUT2D eigenvalue weighted by molar-refractivity contribution is 7.89. The predicted octanol–water partition coefficient (Wildman–Crippen LogP) is 3.02. The highest BCUT2D eigenvalue weighted by Crippen LogP contribution is 2.25. The minimum absolute atomic E-state index is 0.262. The average molecular weight is 451 g/mol. The third kappa shape index (κ3) is 6.29. The molecule has 3 rings (SSSR count). The van der Waals surface area contributed by atoms with Gasteiger partial charge in [-0.2, -0.15) is 4.31 Å². The van der Waals surface area contributed by atoms with Crippen LogP contribution in [0.15, 0.2) is 29.2 Å². The lowest BCUT2D eigenvalue weighted by Gasteiger charge is -2.30. The van der Waals surface area contributed by atoms with E-state index in [9.17, 15) is 18.0 Å². The van der Waals surface area contributed by atoms with Gasteiger partial charge in [0.2, 0.25) is 10.0 Å². The lowest BCUT2D eigenvalue weighted by molar-refractivity contribution is -0.159. The number of nitrogens with zero attached hydrogens (tertiary/aromatic N) is 1. The molecule has 1 atom stereocenters. The van der Waals surface area contributed by atoms with Crippen LogP contribution in [-0.2, 0) is 24.3 Å². The van der Waals surface area contributed by atoms with Gasteiger partial charge in [-0.25, -0.2) is 8.42 Å². The van der Waals surface area contributed by atoms with Crippen molar-refractivity contribution in [1.29, 1.82) is 0 Å². The molecular formula is C23H34N2O5S. The Morgan fingerprint density at radius 3 is 2.29 bits per heavy atom. The van der Waals surface area contributed by atoms with Crippen molar-refractivity contribution in [3.8, 4) is 0 Å². The molecule has 2 aliphatic rings. The van der Waals surface area contributed by atoms with E-state index >= 15 is 0 Å². The normalized spacial score (nSPS) is 20.2. The first-order valence-corrected chi connectivity index (χ1v) is 12.8. The average Bonchev–Trinajstić information content (AvgIpc) is 2.78. The van der Waals surface area contributed by atoms with Gasteiger partial charge in [0.05, 0.1) is 10.8 Å². The summed E-state index contributed by atoms with van der Waals surface area (Å²) in [6.07, 6.45) is 5.90. The number of amides is 1. The Morgan fingerprint density at radius 1 is 1.06 bits per heavy atom. The Balaban J connectivity index is 1.45. The standard InChI is InChI=1S/C23H34N2O5S/c1-17-8-10-21(11-9-17)31(28,29)25-14-12-20(13-15-25)23(27)30-18(2)22(26)24-16-19-6-4-3-5-7-19/h8-11,18-20H,3-7,12-16H2,1-2H3,(H,24,26). The van der Waals surface area contributed by atoms with Gasteiger partial charge >= 0.3 is 5.97 Å². The summed E-state index contributed by atoms with van der Waals surface area (Å²) in [6.45, 7) is 4.66. The van der Waals surface area contributed by atoms with Crippen molar-refractivity contribution in [2.45, 2.75) is 69.8 Å². The van der Waals surface area contributed by atoms with Crippen molar-refractivity contribution in [3.63, 3.8) is 0 Å². The first-order chi connectivity index (χ1) is 14.8. The van der Waals surface area contributed by atoms with Crippen LogP contribution in [0.1, 0.15) is 57.4 Å². The van der Waals surface area contributed by atoms with Crippen molar-refractivity contribution >= 4 is 21.9 Å².